The molecule has 3 aliphatic rings. The summed E-state index contributed by atoms with van der Waals surface area (Å²) < 4.78 is 22.1. The minimum absolute atomic E-state index is 0.0792. The second-order valence-electron chi connectivity index (χ2n) is 12.1. The first-order valence-electron chi connectivity index (χ1n) is 14.9. The molecule has 3 atom stereocenters. The molecule has 3 aromatic rings. The zero-order chi connectivity index (χ0) is 29.4. The van der Waals surface area contributed by atoms with Crippen molar-refractivity contribution < 1.29 is 13.7 Å². The lowest BCUT2D eigenvalue weighted by atomic mass is 10.0. The van der Waals surface area contributed by atoms with Crippen molar-refractivity contribution in [3.63, 3.8) is 0 Å². The van der Waals surface area contributed by atoms with E-state index in [9.17, 15) is 9.00 Å². The number of carbonyl (C=O) groups is 1. The van der Waals surface area contributed by atoms with Crippen LogP contribution in [0.5, 0.6) is 5.75 Å². The zero-order valence-electron chi connectivity index (χ0n) is 25.0. The number of rotatable bonds is 7. The molecule has 222 valence electrons. The molecule has 3 saturated heterocycles. The average molecular weight is 587 g/mol. The van der Waals surface area contributed by atoms with E-state index >= 15 is 0 Å². The number of nitrogens with zero attached hydrogens (tertiary/aromatic N) is 4. The molecule has 0 N–H and O–H groups in total. The number of piperazine rings is 1. The fraction of sp³-hybridized carbons (Fsp3) is 0.412. The molecule has 1 amide bonds. The number of likely N-dealkylation sites (tertiary alicyclic amines) is 1. The lowest BCUT2D eigenvalue weighted by Gasteiger charge is -2.37. The minimum Gasteiger partial charge on any atom is -0.495 e. The number of fused-ring (bicyclic) bond motifs is 1. The molecule has 0 aromatic heterocycles. The molecular formula is C34H42N4O3S. The molecule has 42 heavy (non-hydrogen) atoms. The quantitative estimate of drug-likeness (QED) is 0.386. The van der Waals surface area contributed by atoms with Crippen molar-refractivity contribution in [1.29, 1.82) is 0 Å². The van der Waals surface area contributed by atoms with Crippen LogP contribution in [0.25, 0.3) is 0 Å². The Morgan fingerprint density at radius 1 is 0.905 bits per heavy atom. The summed E-state index contributed by atoms with van der Waals surface area (Å²) in [5.74, 6) is 6.14. The van der Waals surface area contributed by atoms with Crippen LogP contribution in [0, 0.1) is 25.7 Å². The summed E-state index contributed by atoms with van der Waals surface area (Å²) in [4.78, 5) is 20.7. The molecule has 3 aromatic carbocycles. The van der Waals surface area contributed by atoms with Crippen molar-refractivity contribution in [2.75, 3.05) is 64.4 Å². The molecule has 0 bridgehead atoms. The Labute approximate surface area is 250 Å². The van der Waals surface area contributed by atoms with Crippen LogP contribution in [0.15, 0.2) is 71.6 Å². The van der Waals surface area contributed by atoms with Gasteiger partial charge in [-0.15, -0.1) is 0 Å². The van der Waals surface area contributed by atoms with Gasteiger partial charge in [-0.2, -0.15) is 0 Å². The monoisotopic (exact) mass is 586 g/mol. The summed E-state index contributed by atoms with van der Waals surface area (Å²) in [5.41, 5.74) is 5.20. The number of carbonyl (C=O) groups excluding carboxylic acids is 1. The maximum Gasteiger partial charge on any atom is 0.254 e. The second kappa shape index (κ2) is 11.7. The number of methoxy groups -OCH3 is 1. The Bertz CT molecular complexity index is 1540. The van der Waals surface area contributed by atoms with Crippen LogP contribution in [0.2, 0.25) is 0 Å². The Kier molecular flexibility index (Phi) is 8.05. The van der Waals surface area contributed by atoms with Crippen molar-refractivity contribution in [1.82, 2.24) is 14.1 Å². The molecule has 0 aliphatic carbocycles. The summed E-state index contributed by atoms with van der Waals surface area (Å²) in [6, 6.07) is 22.5. The largest absolute Gasteiger partial charge is 0.495 e. The van der Waals surface area contributed by atoms with E-state index in [1.54, 1.807) is 7.11 Å². The predicted molar refractivity (Wildman–Crippen MR) is 171 cm³/mol. The van der Waals surface area contributed by atoms with E-state index in [0.29, 0.717) is 38.0 Å². The van der Waals surface area contributed by atoms with Gasteiger partial charge < -0.3 is 14.5 Å². The van der Waals surface area contributed by atoms with Crippen molar-refractivity contribution in [2.45, 2.75) is 25.3 Å². The first kappa shape index (κ1) is 28.8. The summed E-state index contributed by atoms with van der Waals surface area (Å²) in [6.45, 7) is 11.3. The van der Waals surface area contributed by atoms with Gasteiger partial charge in [0.15, 0.2) is 0 Å². The van der Waals surface area contributed by atoms with Crippen molar-refractivity contribution in [3.05, 3.63) is 89.0 Å². The van der Waals surface area contributed by atoms with Crippen LogP contribution in [-0.4, -0.2) is 89.6 Å². The van der Waals surface area contributed by atoms with Gasteiger partial charge in [0.1, 0.15) is 5.75 Å². The van der Waals surface area contributed by atoms with Crippen molar-refractivity contribution >= 4 is 27.2 Å². The van der Waals surface area contributed by atoms with E-state index in [-0.39, 0.29) is 5.91 Å². The standard InChI is InChI=1S/C34H42N4O3S/c1-25-10-12-31(26(2)18-25)34(39)37-16-14-36(15-17-37)32-19-30(11-13-33(32)41-3)42(4,40)38-23-28-21-35(22-29(28)24-38)20-27-8-6-5-7-9-27/h5-13,18-19,28-29H,4,14-17,20-24H2,1-3H3. The maximum atomic E-state index is 14.3. The number of hydrogen-bond donors (Lipinski definition) is 0. The van der Waals surface area contributed by atoms with Gasteiger partial charge in [0.2, 0.25) is 0 Å². The SMILES string of the molecule is C=S(=O)(c1ccc(OC)c(N2CCN(C(=O)c3ccc(C)cc3C)CC2)c1)N1CC2CN(Cc3ccccc3)CC2C1. The van der Waals surface area contributed by atoms with Crippen molar-refractivity contribution in [3.8, 4) is 5.75 Å². The van der Waals surface area contributed by atoms with Crippen LogP contribution in [-0.2, 0) is 16.3 Å². The number of ether oxygens (including phenoxy) is 1. The molecule has 3 fully saturated rings. The lowest BCUT2D eigenvalue weighted by Crippen LogP contribution is -2.49. The van der Waals surface area contributed by atoms with E-state index < -0.39 is 9.71 Å². The van der Waals surface area contributed by atoms with E-state index in [2.05, 4.69) is 56.4 Å². The first-order valence-corrected chi connectivity index (χ1v) is 16.6. The van der Waals surface area contributed by atoms with Crippen LogP contribution in [0.4, 0.5) is 5.69 Å². The summed E-state index contributed by atoms with van der Waals surface area (Å²) >= 11 is 0. The highest BCUT2D eigenvalue weighted by Crippen LogP contribution is 2.37. The van der Waals surface area contributed by atoms with Gasteiger partial charge in [0.25, 0.3) is 5.91 Å². The van der Waals surface area contributed by atoms with Gasteiger partial charge in [-0.3, -0.25) is 9.69 Å². The molecule has 7 nitrogen and oxygen atoms in total. The number of hydrogen-bond acceptors (Lipinski definition) is 5. The molecule has 6 rings (SSSR count). The first-order chi connectivity index (χ1) is 20.2. The smallest absolute Gasteiger partial charge is 0.254 e. The van der Waals surface area contributed by atoms with Gasteiger partial charge in [-0.1, -0.05) is 48.0 Å². The molecule has 8 heteroatoms. The van der Waals surface area contributed by atoms with E-state index in [0.717, 1.165) is 65.7 Å². The van der Waals surface area contributed by atoms with Gasteiger partial charge in [0.05, 0.1) is 22.5 Å². The number of anilines is 1. The van der Waals surface area contributed by atoms with E-state index in [4.69, 9.17) is 4.74 Å². The average Bonchev–Trinajstić information content (AvgIpc) is 3.57. The Balaban J connectivity index is 1.12. The molecule has 3 heterocycles. The number of aryl methyl sites for hydroxylation is 2. The van der Waals surface area contributed by atoms with E-state index in [1.165, 1.54) is 5.56 Å². The van der Waals surface area contributed by atoms with Crippen LogP contribution >= 0.6 is 0 Å². The number of amides is 1. The fourth-order valence-electron chi connectivity index (χ4n) is 6.90. The second-order valence-corrected chi connectivity index (χ2v) is 14.4. The summed E-state index contributed by atoms with van der Waals surface area (Å²) in [5, 5.41) is 0. The number of benzene rings is 3. The third-order valence-electron chi connectivity index (χ3n) is 9.23. The topological polar surface area (TPSA) is 56.3 Å². The normalized spacial score (nSPS) is 22.6. The van der Waals surface area contributed by atoms with Gasteiger partial charge in [0, 0.05) is 69.4 Å². The zero-order valence-corrected chi connectivity index (χ0v) is 25.8. The lowest BCUT2D eigenvalue weighted by molar-refractivity contribution is 0.0746. The minimum atomic E-state index is -2.64. The molecule has 0 radical (unpaired) electrons. The maximum absolute atomic E-state index is 14.3. The van der Waals surface area contributed by atoms with Crippen LogP contribution < -0.4 is 9.64 Å². The molecule has 0 spiro atoms. The highest BCUT2D eigenvalue weighted by atomic mass is 32.2. The highest BCUT2D eigenvalue weighted by Gasteiger charge is 2.42. The molecular weight excluding hydrogens is 544 g/mol. The van der Waals surface area contributed by atoms with Gasteiger partial charge in [-0.25, -0.2) is 8.51 Å². The molecule has 3 unspecified atom stereocenters. The third-order valence-corrected chi connectivity index (χ3v) is 11.4. The summed E-state index contributed by atoms with van der Waals surface area (Å²) in [6.07, 6.45) is 0. The Morgan fingerprint density at radius 3 is 2.24 bits per heavy atom. The van der Waals surface area contributed by atoms with Crippen LogP contribution in [0.3, 0.4) is 0 Å². The van der Waals surface area contributed by atoms with Crippen LogP contribution in [0.1, 0.15) is 27.0 Å². The predicted octanol–water partition coefficient (Wildman–Crippen LogP) is 4.33. The van der Waals surface area contributed by atoms with E-state index in [1.807, 2.05) is 49.1 Å². The Hall–Kier alpha value is -3.33. The highest BCUT2D eigenvalue weighted by molar-refractivity contribution is 7.98. The molecule has 3 aliphatic heterocycles. The fourth-order valence-corrected chi connectivity index (χ4v) is 8.64. The van der Waals surface area contributed by atoms with Gasteiger partial charge in [-0.05, 0) is 66.9 Å². The summed E-state index contributed by atoms with van der Waals surface area (Å²) in [7, 11) is -0.974. The third kappa shape index (κ3) is 5.68. The Morgan fingerprint density at radius 2 is 1.60 bits per heavy atom. The van der Waals surface area contributed by atoms with Crippen molar-refractivity contribution in [2.24, 2.45) is 11.8 Å². The van der Waals surface area contributed by atoms with Gasteiger partial charge >= 0.3 is 0 Å². The molecule has 0 saturated carbocycles.